The Morgan fingerprint density at radius 3 is 1.95 bits per heavy atom. The fraction of sp³-hybridized carbons (Fsp3) is 0.0556. The SMILES string of the molecule is Oc1ccc(C(O)(c2ccccc2)c2cccnc2)cc1. The van der Waals surface area contributed by atoms with Crippen molar-refractivity contribution in [3.05, 3.63) is 95.8 Å². The van der Waals surface area contributed by atoms with E-state index in [0.717, 1.165) is 5.56 Å². The molecule has 3 nitrogen and oxygen atoms in total. The number of rotatable bonds is 3. The van der Waals surface area contributed by atoms with E-state index in [1.807, 2.05) is 36.4 Å². The van der Waals surface area contributed by atoms with Gasteiger partial charge in [0.05, 0.1) is 0 Å². The van der Waals surface area contributed by atoms with E-state index in [9.17, 15) is 10.2 Å². The third-order valence-electron chi connectivity index (χ3n) is 3.56. The van der Waals surface area contributed by atoms with Crippen molar-refractivity contribution in [2.24, 2.45) is 0 Å². The number of hydrogen-bond acceptors (Lipinski definition) is 3. The molecule has 21 heavy (non-hydrogen) atoms. The van der Waals surface area contributed by atoms with E-state index in [1.165, 1.54) is 0 Å². The maximum absolute atomic E-state index is 11.4. The molecule has 104 valence electrons. The second-order valence-electron chi connectivity index (χ2n) is 4.87. The van der Waals surface area contributed by atoms with Gasteiger partial charge in [0, 0.05) is 18.0 Å². The molecule has 0 amide bonds. The van der Waals surface area contributed by atoms with E-state index < -0.39 is 5.60 Å². The lowest BCUT2D eigenvalue weighted by Gasteiger charge is -2.29. The van der Waals surface area contributed by atoms with E-state index in [4.69, 9.17) is 0 Å². The topological polar surface area (TPSA) is 53.4 Å². The molecule has 3 heteroatoms. The molecule has 1 atom stereocenters. The first-order chi connectivity index (χ1) is 10.2. The van der Waals surface area contributed by atoms with Crippen LogP contribution in [0.2, 0.25) is 0 Å². The Bertz CT molecular complexity index is 670. The Balaban J connectivity index is 2.23. The molecule has 1 unspecified atom stereocenters. The largest absolute Gasteiger partial charge is 0.508 e. The predicted molar refractivity (Wildman–Crippen MR) is 80.9 cm³/mol. The zero-order chi connectivity index (χ0) is 14.7. The molecule has 0 saturated carbocycles. The highest BCUT2D eigenvalue weighted by Gasteiger charge is 2.33. The molecule has 3 rings (SSSR count). The molecule has 0 aliphatic carbocycles. The quantitative estimate of drug-likeness (QED) is 0.773. The Morgan fingerprint density at radius 2 is 1.33 bits per heavy atom. The smallest absolute Gasteiger partial charge is 0.142 e. The van der Waals surface area contributed by atoms with Gasteiger partial charge in [0.25, 0.3) is 0 Å². The number of phenols is 1. The standard InChI is InChI=1S/C18H15NO2/c20-17-10-8-15(9-11-17)18(21,14-5-2-1-3-6-14)16-7-4-12-19-13-16/h1-13,20-21H. The lowest BCUT2D eigenvalue weighted by atomic mass is 9.81. The van der Waals surface area contributed by atoms with Crippen molar-refractivity contribution in [3.63, 3.8) is 0 Å². The highest BCUT2D eigenvalue weighted by Crippen LogP contribution is 2.36. The number of phenolic OH excluding ortho intramolecular Hbond substituents is 1. The molecule has 1 heterocycles. The molecule has 0 bridgehead atoms. The van der Waals surface area contributed by atoms with Crippen LogP contribution in [-0.4, -0.2) is 15.2 Å². The van der Waals surface area contributed by atoms with Gasteiger partial charge in [0.1, 0.15) is 11.4 Å². The minimum Gasteiger partial charge on any atom is -0.508 e. The first kappa shape index (κ1) is 13.3. The van der Waals surface area contributed by atoms with Crippen LogP contribution in [0.5, 0.6) is 5.75 Å². The van der Waals surface area contributed by atoms with Crippen LogP contribution in [0.1, 0.15) is 16.7 Å². The summed E-state index contributed by atoms with van der Waals surface area (Å²) in [6.45, 7) is 0. The first-order valence-electron chi connectivity index (χ1n) is 6.69. The van der Waals surface area contributed by atoms with E-state index in [-0.39, 0.29) is 5.75 Å². The van der Waals surface area contributed by atoms with Crippen LogP contribution in [0.25, 0.3) is 0 Å². The van der Waals surface area contributed by atoms with E-state index in [2.05, 4.69) is 4.98 Å². The Morgan fingerprint density at radius 1 is 0.714 bits per heavy atom. The summed E-state index contributed by atoms with van der Waals surface area (Å²) >= 11 is 0. The molecule has 2 aromatic carbocycles. The van der Waals surface area contributed by atoms with Gasteiger partial charge in [-0.3, -0.25) is 4.98 Å². The first-order valence-corrected chi connectivity index (χ1v) is 6.69. The number of hydrogen-bond donors (Lipinski definition) is 2. The molecule has 0 spiro atoms. The molecular weight excluding hydrogens is 262 g/mol. The van der Waals surface area contributed by atoms with Crippen molar-refractivity contribution >= 4 is 0 Å². The van der Waals surface area contributed by atoms with Gasteiger partial charge < -0.3 is 10.2 Å². The average molecular weight is 277 g/mol. The molecule has 0 fully saturated rings. The molecule has 1 aromatic heterocycles. The van der Waals surface area contributed by atoms with Crippen molar-refractivity contribution in [1.29, 1.82) is 0 Å². The molecule has 3 aromatic rings. The summed E-state index contributed by atoms with van der Waals surface area (Å²) in [5, 5.41) is 20.9. The van der Waals surface area contributed by atoms with Crippen LogP contribution in [-0.2, 0) is 5.60 Å². The van der Waals surface area contributed by atoms with Crippen molar-refractivity contribution in [3.8, 4) is 5.75 Å². The molecule has 0 aliphatic rings. The van der Waals surface area contributed by atoms with Gasteiger partial charge in [-0.15, -0.1) is 0 Å². The van der Waals surface area contributed by atoms with Gasteiger partial charge in [0.2, 0.25) is 0 Å². The zero-order valence-corrected chi connectivity index (χ0v) is 11.3. The minimum absolute atomic E-state index is 0.167. The zero-order valence-electron chi connectivity index (χ0n) is 11.3. The Labute approximate surface area is 123 Å². The van der Waals surface area contributed by atoms with Crippen molar-refractivity contribution in [2.75, 3.05) is 0 Å². The summed E-state index contributed by atoms with van der Waals surface area (Å²) < 4.78 is 0. The number of aromatic nitrogens is 1. The van der Waals surface area contributed by atoms with Crippen molar-refractivity contribution < 1.29 is 10.2 Å². The van der Waals surface area contributed by atoms with Crippen LogP contribution >= 0.6 is 0 Å². The highest BCUT2D eigenvalue weighted by molar-refractivity contribution is 5.47. The summed E-state index contributed by atoms with van der Waals surface area (Å²) in [5.74, 6) is 0.167. The monoisotopic (exact) mass is 277 g/mol. The lowest BCUT2D eigenvalue weighted by molar-refractivity contribution is 0.125. The van der Waals surface area contributed by atoms with Crippen LogP contribution in [0.15, 0.2) is 79.1 Å². The third kappa shape index (κ3) is 2.39. The summed E-state index contributed by atoms with van der Waals surface area (Å²) in [4.78, 5) is 4.11. The number of pyridine rings is 1. The lowest BCUT2D eigenvalue weighted by Crippen LogP contribution is -2.28. The van der Waals surface area contributed by atoms with Gasteiger partial charge in [0.15, 0.2) is 0 Å². The van der Waals surface area contributed by atoms with Crippen LogP contribution in [0.3, 0.4) is 0 Å². The van der Waals surface area contributed by atoms with E-state index >= 15 is 0 Å². The fourth-order valence-corrected chi connectivity index (χ4v) is 2.46. The summed E-state index contributed by atoms with van der Waals surface area (Å²) in [7, 11) is 0. The van der Waals surface area contributed by atoms with Crippen LogP contribution in [0.4, 0.5) is 0 Å². The third-order valence-corrected chi connectivity index (χ3v) is 3.56. The van der Waals surface area contributed by atoms with Crippen molar-refractivity contribution in [1.82, 2.24) is 4.98 Å². The van der Waals surface area contributed by atoms with E-state index in [1.54, 1.807) is 42.7 Å². The molecule has 0 radical (unpaired) electrons. The fourth-order valence-electron chi connectivity index (χ4n) is 2.46. The normalized spacial score (nSPS) is 13.6. The van der Waals surface area contributed by atoms with Crippen molar-refractivity contribution in [2.45, 2.75) is 5.60 Å². The van der Waals surface area contributed by atoms with Gasteiger partial charge >= 0.3 is 0 Å². The van der Waals surface area contributed by atoms with Gasteiger partial charge in [-0.2, -0.15) is 0 Å². The Kier molecular flexibility index (Phi) is 3.42. The second kappa shape index (κ2) is 5.38. The highest BCUT2D eigenvalue weighted by atomic mass is 16.3. The van der Waals surface area contributed by atoms with Crippen LogP contribution in [0, 0.1) is 0 Å². The predicted octanol–water partition coefficient (Wildman–Crippen LogP) is 3.07. The molecular formula is C18H15NO2. The maximum atomic E-state index is 11.4. The maximum Gasteiger partial charge on any atom is 0.142 e. The molecule has 0 saturated heterocycles. The summed E-state index contributed by atoms with van der Waals surface area (Å²) in [6.07, 6.45) is 3.32. The van der Waals surface area contributed by atoms with Gasteiger partial charge in [-0.1, -0.05) is 48.5 Å². The second-order valence-corrected chi connectivity index (χ2v) is 4.87. The molecule has 2 N–H and O–H groups in total. The number of aliphatic hydroxyl groups is 1. The molecule has 0 aliphatic heterocycles. The summed E-state index contributed by atoms with van der Waals surface area (Å²) in [6, 6.07) is 19.6. The Hall–Kier alpha value is -2.65. The van der Waals surface area contributed by atoms with Crippen LogP contribution < -0.4 is 0 Å². The summed E-state index contributed by atoms with van der Waals surface area (Å²) in [5.41, 5.74) is 0.813. The van der Waals surface area contributed by atoms with Gasteiger partial charge in [-0.05, 0) is 29.3 Å². The number of benzene rings is 2. The number of aromatic hydroxyl groups is 1. The minimum atomic E-state index is -1.30. The van der Waals surface area contributed by atoms with E-state index in [0.29, 0.717) is 11.1 Å². The average Bonchev–Trinajstić information content (AvgIpc) is 2.56. The van der Waals surface area contributed by atoms with Gasteiger partial charge in [-0.25, -0.2) is 0 Å². The number of nitrogens with zero attached hydrogens (tertiary/aromatic N) is 1.